The van der Waals surface area contributed by atoms with Gasteiger partial charge in [0.25, 0.3) is 5.91 Å². The van der Waals surface area contributed by atoms with Crippen molar-refractivity contribution >= 4 is 45.8 Å². The Balaban J connectivity index is 1.66. The van der Waals surface area contributed by atoms with E-state index < -0.39 is 0 Å². The maximum atomic E-state index is 11.9. The lowest BCUT2D eigenvalue weighted by atomic mass is 10.3. The number of nitrogens with zero attached hydrogens (tertiary/aromatic N) is 3. The van der Waals surface area contributed by atoms with Crippen molar-refractivity contribution in [3.05, 3.63) is 52.5 Å². The second-order valence-electron chi connectivity index (χ2n) is 4.40. The van der Waals surface area contributed by atoms with Gasteiger partial charge in [-0.3, -0.25) is 4.79 Å². The zero-order valence-electron chi connectivity index (χ0n) is 11.2. The third-order valence-corrected chi connectivity index (χ3v) is 3.41. The van der Waals surface area contributed by atoms with E-state index in [0.717, 1.165) is 0 Å². The summed E-state index contributed by atoms with van der Waals surface area (Å²) in [5.74, 6) is -0.385. The van der Waals surface area contributed by atoms with Gasteiger partial charge in [0, 0.05) is 5.02 Å². The van der Waals surface area contributed by atoms with Gasteiger partial charge in [-0.15, -0.1) is 5.10 Å². The summed E-state index contributed by atoms with van der Waals surface area (Å²) in [5.41, 5.74) is 1.78. The molecule has 0 aliphatic carbocycles. The minimum atomic E-state index is -0.385. The number of fused-ring (bicyclic) bond motifs is 1. The zero-order chi connectivity index (χ0) is 15.5. The second-order valence-corrected chi connectivity index (χ2v) is 5.24. The summed E-state index contributed by atoms with van der Waals surface area (Å²) >= 11 is 11.8. The van der Waals surface area contributed by atoms with Crippen LogP contribution in [0.1, 0.15) is 0 Å². The predicted molar refractivity (Wildman–Crippen MR) is 84.1 cm³/mol. The minimum absolute atomic E-state index is 0.240. The maximum Gasteiger partial charge on any atom is 0.265 e. The molecule has 112 valence electrons. The number of carbonyl (C=O) groups excluding carboxylic acids is 1. The fraction of sp³-hybridized carbons (Fsp3) is 0.0714. The SMILES string of the molecule is O=C(COn1nnc2ccccc21)Nc1cc(Cl)ccc1Cl. The van der Waals surface area contributed by atoms with E-state index in [2.05, 4.69) is 15.6 Å². The molecule has 0 saturated carbocycles. The molecular formula is C14H10Cl2N4O2. The van der Waals surface area contributed by atoms with Crippen molar-refractivity contribution in [2.45, 2.75) is 0 Å². The van der Waals surface area contributed by atoms with E-state index in [0.29, 0.717) is 26.8 Å². The van der Waals surface area contributed by atoms with Gasteiger partial charge in [-0.05, 0) is 35.5 Å². The Morgan fingerprint density at radius 1 is 1.23 bits per heavy atom. The topological polar surface area (TPSA) is 69.0 Å². The summed E-state index contributed by atoms with van der Waals surface area (Å²) in [7, 11) is 0. The van der Waals surface area contributed by atoms with Crippen molar-refractivity contribution in [1.29, 1.82) is 0 Å². The fourth-order valence-electron chi connectivity index (χ4n) is 1.84. The van der Waals surface area contributed by atoms with Crippen LogP contribution in [-0.2, 0) is 4.79 Å². The molecule has 0 fully saturated rings. The van der Waals surface area contributed by atoms with Gasteiger partial charge >= 0.3 is 0 Å². The lowest BCUT2D eigenvalue weighted by Crippen LogP contribution is -2.26. The second kappa shape index (κ2) is 6.21. The van der Waals surface area contributed by atoms with Crippen LogP contribution in [0.3, 0.4) is 0 Å². The molecule has 1 amide bonds. The van der Waals surface area contributed by atoms with Crippen LogP contribution in [0.5, 0.6) is 0 Å². The molecule has 1 aromatic heterocycles. The first-order valence-corrected chi connectivity index (χ1v) is 7.08. The standard InChI is InChI=1S/C14H10Cl2N4O2/c15-9-5-6-10(16)12(7-9)17-14(21)8-22-20-13-4-2-1-3-11(13)18-19-20/h1-7H,8H2,(H,17,21). The molecule has 3 aromatic rings. The van der Waals surface area contributed by atoms with Crippen molar-refractivity contribution in [2.24, 2.45) is 0 Å². The Kier molecular flexibility index (Phi) is 4.13. The highest BCUT2D eigenvalue weighted by atomic mass is 35.5. The van der Waals surface area contributed by atoms with Crippen LogP contribution in [-0.4, -0.2) is 27.7 Å². The summed E-state index contributed by atoms with van der Waals surface area (Å²) < 4.78 is 0. The maximum absolute atomic E-state index is 11.9. The van der Waals surface area contributed by atoms with Gasteiger partial charge in [0.2, 0.25) is 0 Å². The van der Waals surface area contributed by atoms with Gasteiger partial charge in [-0.25, -0.2) is 0 Å². The van der Waals surface area contributed by atoms with Crippen LogP contribution >= 0.6 is 23.2 Å². The van der Waals surface area contributed by atoms with Gasteiger partial charge < -0.3 is 10.2 Å². The van der Waals surface area contributed by atoms with E-state index in [1.54, 1.807) is 30.3 Å². The Hall–Kier alpha value is -2.31. The first-order chi connectivity index (χ1) is 10.6. The number of hydrogen-bond donors (Lipinski definition) is 1. The molecule has 0 spiro atoms. The number of hydrogen-bond acceptors (Lipinski definition) is 4. The number of carbonyl (C=O) groups is 1. The predicted octanol–water partition coefficient (Wildman–Crippen LogP) is 2.81. The molecule has 1 heterocycles. The molecule has 2 aromatic carbocycles. The third-order valence-electron chi connectivity index (χ3n) is 2.84. The van der Waals surface area contributed by atoms with Crippen LogP contribution in [0.4, 0.5) is 5.69 Å². The number of para-hydroxylation sites is 1. The Morgan fingerprint density at radius 2 is 2.05 bits per heavy atom. The van der Waals surface area contributed by atoms with E-state index in [4.69, 9.17) is 28.0 Å². The van der Waals surface area contributed by atoms with Crippen LogP contribution in [0, 0.1) is 0 Å². The highest BCUT2D eigenvalue weighted by molar-refractivity contribution is 6.35. The average Bonchev–Trinajstić information content (AvgIpc) is 2.92. The molecule has 8 heteroatoms. The van der Waals surface area contributed by atoms with Gasteiger partial charge in [0.1, 0.15) is 11.0 Å². The average molecular weight is 337 g/mol. The van der Waals surface area contributed by atoms with Crippen LogP contribution in [0.15, 0.2) is 42.5 Å². The van der Waals surface area contributed by atoms with Crippen molar-refractivity contribution in [2.75, 3.05) is 11.9 Å². The first kappa shape index (κ1) is 14.6. The van der Waals surface area contributed by atoms with E-state index in [-0.39, 0.29) is 12.5 Å². The molecule has 3 rings (SSSR count). The Bertz CT molecular complexity index is 835. The van der Waals surface area contributed by atoms with Gasteiger partial charge in [0.15, 0.2) is 6.61 Å². The number of nitrogens with one attached hydrogen (secondary N) is 1. The van der Waals surface area contributed by atoms with Crippen molar-refractivity contribution < 1.29 is 9.63 Å². The number of amides is 1. The molecule has 0 unspecified atom stereocenters. The summed E-state index contributed by atoms with van der Waals surface area (Å²) in [4.78, 5) is 18.4. The third kappa shape index (κ3) is 3.13. The number of benzene rings is 2. The lowest BCUT2D eigenvalue weighted by Gasteiger charge is -2.08. The molecule has 6 nitrogen and oxygen atoms in total. The van der Waals surface area contributed by atoms with E-state index >= 15 is 0 Å². The number of halogens is 2. The lowest BCUT2D eigenvalue weighted by molar-refractivity contribution is -0.121. The van der Waals surface area contributed by atoms with Crippen LogP contribution in [0.25, 0.3) is 11.0 Å². The molecule has 1 N–H and O–H groups in total. The molecular weight excluding hydrogens is 327 g/mol. The number of anilines is 1. The fourth-order valence-corrected chi connectivity index (χ4v) is 2.18. The Morgan fingerprint density at radius 3 is 2.91 bits per heavy atom. The highest BCUT2D eigenvalue weighted by Crippen LogP contribution is 2.25. The summed E-state index contributed by atoms with van der Waals surface area (Å²) in [6.45, 7) is -0.240. The number of aromatic nitrogens is 3. The summed E-state index contributed by atoms with van der Waals surface area (Å²) in [5, 5.41) is 11.2. The molecule has 0 radical (unpaired) electrons. The normalized spacial score (nSPS) is 10.6. The van der Waals surface area contributed by atoms with Gasteiger partial charge in [0.05, 0.1) is 10.7 Å². The Labute approximate surface area is 135 Å². The van der Waals surface area contributed by atoms with Crippen LogP contribution < -0.4 is 10.2 Å². The highest BCUT2D eigenvalue weighted by Gasteiger charge is 2.10. The zero-order valence-corrected chi connectivity index (χ0v) is 12.7. The quantitative estimate of drug-likeness (QED) is 0.795. The van der Waals surface area contributed by atoms with Crippen LogP contribution in [0.2, 0.25) is 10.0 Å². The summed E-state index contributed by atoms with van der Waals surface area (Å²) in [6.07, 6.45) is 0. The largest absolute Gasteiger partial charge is 0.385 e. The van der Waals surface area contributed by atoms with Gasteiger partial charge in [-0.1, -0.05) is 40.2 Å². The van der Waals surface area contributed by atoms with Crippen molar-refractivity contribution in [1.82, 2.24) is 15.2 Å². The van der Waals surface area contributed by atoms with Gasteiger partial charge in [-0.2, -0.15) is 0 Å². The molecule has 0 atom stereocenters. The number of rotatable bonds is 4. The molecule has 22 heavy (non-hydrogen) atoms. The molecule has 0 saturated heterocycles. The molecule has 0 bridgehead atoms. The van der Waals surface area contributed by atoms with E-state index in [9.17, 15) is 4.79 Å². The first-order valence-electron chi connectivity index (χ1n) is 6.32. The minimum Gasteiger partial charge on any atom is -0.385 e. The van der Waals surface area contributed by atoms with Crippen molar-refractivity contribution in [3.63, 3.8) is 0 Å². The van der Waals surface area contributed by atoms with E-state index in [1.807, 2.05) is 12.1 Å². The van der Waals surface area contributed by atoms with E-state index in [1.165, 1.54) is 4.85 Å². The monoisotopic (exact) mass is 336 g/mol. The molecule has 0 aliphatic heterocycles. The van der Waals surface area contributed by atoms with Crippen molar-refractivity contribution in [3.8, 4) is 0 Å². The molecule has 0 aliphatic rings. The summed E-state index contributed by atoms with van der Waals surface area (Å²) in [6, 6.07) is 12.1. The smallest absolute Gasteiger partial charge is 0.265 e.